The average molecular weight is 795 g/mol. The van der Waals surface area contributed by atoms with Gasteiger partial charge in [0.15, 0.2) is 12.6 Å². The van der Waals surface area contributed by atoms with Crippen LogP contribution in [0, 0.1) is 17.8 Å². The Morgan fingerprint density at radius 1 is 0.600 bits per heavy atom. The van der Waals surface area contributed by atoms with E-state index in [1.165, 1.54) is 6.08 Å². The number of esters is 1. The molecule has 3 aliphatic carbocycles. The van der Waals surface area contributed by atoms with Crippen molar-refractivity contribution in [1.82, 2.24) is 0 Å². The van der Waals surface area contributed by atoms with Gasteiger partial charge in [0.2, 0.25) is 0 Å². The van der Waals surface area contributed by atoms with Crippen molar-refractivity contribution in [2.24, 2.45) is 17.8 Å². The predicted octanol–water partition coefficient (Wildman–Crippen LogP) is -4.56. The normalized spacial score (nSPS) is 51.1. The molecule has 0 spiro atoms. The van der Waals surface area contributed by atoms with E-state index in [2.05, 4.69) is 0 Å². The first-order valence-electron chi connectivity index (χ1n) is 19.4. The highest BCUT2D eigenvalue weighted by atomic mass is 16.7. The zero-order valence-corrected chi connectivity index (χ0v) is 30.4. The molecular weight excluding hydrogens is 736 g/mol. The van der Waals surface area contributed by atoms with Crippen LogP contribution in [-0.4, -0.2) is 197 Å². The number of aliphatic hydroxyl groups is 12. The van der Waals surface area contributed by atoms with Gasteiger partial charge in [-0.1, -0.05) is 6.08 Å². The zero-order chi connectivity index (χ0) is 39.7. The molecule has 6 fully saturated rings. The van der Waals surface area contributed by atoms with Gasteiger partial charge in [-0.3, -0.25) is 0 Å². The molecule has 12 N–H and O–H groups in total. The maximum atomic E-state index is 12.5. The highest BCUT2D eigenvalue weighted by molar-refractivity contribution is 5.81. The first kappa shape index (κ1) is 43.1. The first-order valence-corrected chi connectivity index (χ1v) is 19.4. The van der Waals surface area contributed by atoms with Crippen LogP contribution < -0.4 is 0 Å². The summed E-state index contributed by atoms with van der Waals surface area (Å²) in [6.45, 7) is -1.20. The Bertz CT molecular complexity index is 1250. The third-order valence-corrected chi connectivity index (χ3v) is 12.3. The van der Waals surface area contributed by atoms with Gasteiger partial charge in [-0.15, -0.1) is 0 Å². The summed E-state index contributed by atoms with van der Waals surface area (Å²) in [5.41, 5.74) is 0. The molecule has 19 heteroatoms. The molecule has 0 aromatic rings. The molecule has 6 aliphatic rings. The summed E-state index contributed by atoms with van der Waals surface area (Å²) in [4.78, 5) is 12.5. The van der Waals surface area contributed by atoms with Crippen LogP contribution in [0.2, 0.25) is 0 Å². The fraction of sp³-hybridized carbons (Fsp3) is 0.917. The van der Waals surface area contributed by atoms with Gasteiger partial charge in [0.1, 0.15) is 61.5 Å². The third kappa shape index (κ3) is 9.88. The van der Waals surface area contributed by atoms with Crippen molar-refractivity contribution >= 4 is 5.97 Å². The summed E-state index contributed by atoms with van der Waals surface area (Å²) in [6, 6.07) is 0. The van der Waals surface area contributed by atoms with Crippen molar-refractivity contribution in [2.45, 2.75) is 174 Å². The van der Waals surface area contributed by atoms with E-state index in [9.17, 15) is 66.1 Å². The van der Waals surface area contributed by atoms with Crippen molar-refractivity contribution in [3.8, 4) is 0 Å². The fourth-order valence-corrected chi connectivity index (χ4v) is 9.01. The average Bonchev–Trinajstić information content (AvgIpc) is 3.16. The summed E-state index contributed by atoms with van der Waals surface area (Å²) in [5, 5.41) is 126. The molecule has 3 saturated carbocycles. The molecule has 0 aromatic carbocycles. The summed E-state index contributed by atoms with van der Waals surface area (Å²) < 4.78 is 35.7. The lowest BCUT2D eigenvalue weighted by Crippen LogP contribution is -2.63. The molecule has 18 atom stereocenters. The van der Waals surface area contributed by atoms with Crippen molar-refractivity contribution in [3.63, 3.8) is 0 Å². The van der Waals surface area contributed by atoms with E-state index in [1.807, 2.05) is 0 Å². The number of fused-ring (bicyclic) bond motifs is 1. The largest absolute Gasteiger partial charge is 0.460 e. The van der Waals surface area contributed by atoms with Crippen LogP contribution >= 0.6 is 0 Å². The second-order valence-corrected chi connectivity index (χ2v) is 16.1. The number of carbonyl (C=O) groups excluding carboxylic acids is 1. The molecule has 6 rings (SSSR count). The molecular formula is C36H58O19. The Morgan fingerprint density at radius 3 is 1.80 bits per heavy atom. The Morgan fingerprint density at radius 2 is 1.18 bits per heavy atom. The van der Waals surface area contributed by atoms with Crippen molar-refractivity contribution < 1.29 is 94.5 Å². The van der Waals surface area contributed by atoms with Gasteiger partial charge in [-0.05, 0) is 63.2 Å². The number of ether oxygens (including phenoxy) is 6. The number of rotatable bonds is 10. The lowest BCUT2D eigenvalue weighted by atomic mass is 9.72. The molecule has 0 bridgehead atoms. The highest BCUT2D eigenvalue weighted by Gasteiger charge is 2.54. The van der Waals surface area contributed by atoms with E-state index in [0.717, 1.165) is 12.8 Å². The van der Waals surface area contributed by atoms with E-state index in [-0.39, 0.29) is 44.1 Å². The Labute approximate surface area is 317 Å². The number of hydrogen-bond acceptors (Lipinski definition) is 19. The second-order valence-electron chi connectivity index (χ2n) is 16.1. The van der Waals surface area contributed by atoms with E-state index >= 15 is 0 Å². The maximum absolute atomic E-state index is 12.5. The minimum Gasteiger partial charge on any atom is -0.460 e. The van der Waals surface area contributed by atoms with Crippen LogP contribution in [0.25, 0.3) is 0 Å². The number of aliphatic hydroxyl groups excluding tert-OH is 12. The third-order valence-electron chi connectivity index (χ3n) is 12.3. The van der Waals surface area contributed by atoms with Crippen molar-refractivity contribution in [3.05, 3.63) is 12.2 Å². The number of allylic oxidation sites excluding steroid dienone is 1. The molecule has 8 unspecified atom stereocenters. The Hall–Kier alpha value is -1.47. The topological polar surface area (TPSA) is 315 Å². The molecule has 3 saturated heterocycles. The van der Waals surface area contributed by atoms with Gasteiger partial charge in [0.05, 0.1) is 55.4 Å². The van der Waals surface area contributed by atoms with Gasteiger partial charge in [0, 0.05) is 18.4 Å². The second kappa shape index (κ2) is 18.6. The standard InChI is InChI=1S/C36H58O19/c37-12-24-28(44)30(46)32(48)36(54-24)53-23-11-18-21(51-34(23)15-7-19(40)27(43)20(41)8-15)9-17(39)10-22(18)52-35-33(49)31(47)29(45)25(55-35)13-50-26(42)6-3-14-1-4-16(38)5-2-14/h3,6,14-25,27-41,43-49H,1-2,4-5,7-13H2/t14?,15?,16?,17?,18?,19?,20?,21?,22?,23?,24-,25-,27?,28+,29-,30+,31+,32-,33-,34?,35-,36-/m1/s1. The lowest BCUT2D eigenvalue weighted by Gasteiger charge is -2.52. The molecule has 55 heavy (non-hydrogen) atoms. The van der Waals surface area contributed by atoms with Crippen molar-refractivity contribution in [1.29, 1.82) is 0 Å². The first-order chi connectivity index (χ1) is 26.1. The maximum Gasteiger partial charge on any atom is 0.330 e. The summed E-state index contributed by atoms with van der Waals surface area (Å²) in [5.74, 6) is -1.85. The highest BCUT2D eigenvalue weighted by Crippen LogP contribution is 2.45. The summed E-state index contributed by atoms with van der Waals surface area (Å²) in [6.07, 6.45) is -19.2. The van der Waals surface area contributed by atoms with E-state index < -0.39 is 141 Å². The lowest BCUT2D eigenvalue weighted by molar-refractivity contribution is -0.345. The molecule has 19 nitrogen and oxygen atoms in total. The van der Waals surface area contributed by atoms with Crippen molar-refractivity contribution in [2.75, 3.05) is 13.2 Å². The minimum atomic E-state index is -1.77. The van der Waals surface area contributed by atoms with Gasteiger partial charge >= 0.3 is 5.97 Å². The molecule has 3 aliphatic heterocycles. The quantitative estimate of drug-likeness (QED) is 0.0732. The van der Waals surface area contributed by atoms with Gasteiger partial charge in [-0.2, -0.15) is 0 Å². The summed E-state index contributed by atoms with van der Waals surface area (Å²) >= 11 is 0. The van der Waals surface area contributed by atoms with Crippen LogP contribution in [0.15, 0.2) is 12.2 Å². The summed E-state index contributed by atoms with van der Waals surface area (Å²) in [7, 11) is 0. The SMILES string of the molecule is O=C(C=CC1CCC(O)CC1)OC[C@H]1O[C@@H](OC2CC(O)CC3OC(C4CC(O)C(O)C(O)C4)C(O[C@@H]4O[C@H](CO)[C@H](O)[C@H](O)[C@H]4O)CC32)[C@H](O)[C@@H](O)[C@@H]1O. The van der Waals surface area contributed by atoms with Crippen LogP contribution in [0.5, 0.6) is 0 Å². The van der Waals surface area contributed by atoms with Gasteiger partial charge in [0.25, 0.3) is 0 Å². The molecule has 0 radical (unpaired) electrons. The van der Waals surface area contributed by atoms with Crippen LogP contribution in [0.3, 0.4) is 0 Å². The number of hydrogen-bond donors (Lipinski definition) is 12. The van der Waals surface area contributed by atoms with Gasteiger partial charge in [-0.25, -0.2) is 4.79 Å². The number of carbonyl (C=O) groups is 1. The molecule has 0 amide bonds. The van der Waals surface area contributed by atoms with Crippen LogP contribution in [0.4, 0.5) is 0 Å². The molecule has 316 valence electrons. The molecule has 3 heterocycles. The van der Waals surface area contributed by atoms with E-state index in [1.54, 1.807) is 6.08 Å². The van der Waals surface area contributed by atoms with Crippen LogP contribution in [-0.2, 0) is 33.2 Å². The van der Waals surface area contributed by atoms with E-state index in [0.29, 0.717) is 12.8 Å². The fourth-order valence-electron chi connectivity index (χ4n) is 9.01. The Kier molecular flexibility index (Phi) is 14.6. The zero-order valence-electron chi connectivity index (χ0n) is 30.4. The van der Waals surface area contributed by atoms with Gasteiger partial charge < -0.3 is 89.7 Å². The smallest absolute Gasteiger partial charge is 0.330 e. The van der Waals surface area contributed by atoms with E-state index in [4.69, 9.17) is 28.4 Å². The molecule has 0 aromatic heterocycles. The predicted molar refractivity (Wildman–Crippen MR) is 181 cm³/mol. The minimum absolute atomic E-state index is 0.00286. The monoisotopic (exact) mass is 794 g/mol. The van der Waals surface area contributed by atoms with Crippen LogP contribution in [0.1, 0.15) is 57.8 Å². The Balaban J connectivity index is 1.16.